The van der Waals surface area contributed by atoms with Gasteiger partial charge in [0.15, 0.2) is 0 Å². The van der Waals surface area contributed by atoms with Gasteiger partial charge in [-0.2, -0.15) is 0 Å². The fourth-order valence-corrected chi connectivity index (χ4v) is 4.19. The first-order valence-electron chi connectivity index (χ1n) is 8.78. The largest absolute Gasteiger partial charge is 0.329 e. The molecule has 0 bridgehead atoms. The van der Waals surface area contributed by atoms with Crippen molar-refractivity contribution in [1.82, 2.24) is 9.80 Å². The lowest BCUT2D eigenvalue weighted by Gasteiger charge is -2.41. The average Bonchev–Trinajstić information content (AvgIpc) is 3.28. The van der Waals surface area contributed by atoms with E-state index in [2.05, 4.69) is 30.6 Å². The second-order valence-electron chi connectivity index (χ2n) is 7.99. The molecule has 2 saturated carbocycles. The van der Waals surface area contributed by atoms with Crippen LogP contribution in [0.25, 0.3) is 0 Å². The fraction of sp³-hybridized carbons (Fsp3) is 1.00. The van der Waals surface area contributed by atoms with Crippen LogP contribution in [-0.2, 0) is 0 Å². The molecule has 2 atom stereocenters. The van der Waals surface area contributed by atoms with Gasteiger partial charge >= 0.3 is 0 Å². The van der Waals surface area contributed by atoms with Crippen molar-refractivity contribution in [2.75, 3.05) is 19.6 Å². The highest BCUT2D eigenvalue weighted by molar-refractivity contribution is 5.09. The predicted octanol–water partition coefficient (Wildman–Crippen LogP) is 2.45. The molecular formula is C17H33N3. The molecule has 0 radical (unpaired) electrons. The van der Waals surface area contributed by atoms with Gasteiger partial charge in [-0.05, 0) is 57.9 Å². The van der Waals surface area contributed by atoms with Crippen molar-refractivity contribution in [3.8, 4) is 0 Å². The highest BCUT2D eigenvalue weighted by Crippen LogP contribution is 2.43. The van der Waals surface area contributed by atoms with Gasteiger partial charge in [0.2, 0.25) is 0 Å². The summed E-state index contributed by atoms with van der Waals surface area (Å²) in [4.78, 5) is 5.59. The standard InChI is InChI=1S/C17H33N3/c1-13(2)8-9-20(16-6-7-16)17(11-18)10-14(3)19(12-17)15-4-5-15/h13-16H,4-12,18H2,1-3H3. The lowest BCUT2D eigenvalue weighted by molar-refractivity contribution is 0.0832. The zero-order valence-corrected chi connectivity index (χ0v) is 13.6. The maximum atomic E-state index is 6.32. The van der Waals surface area contributed by atoms with E-state index < -0.39 is 0 Å². The smallest absolute Gasteiger partial charge is 0.0476 e. The lowest BCUT2D eigenvalue weighted by Crippen LogP contribution is -2.57. The number of nitrogens with zero attached hydrogens (tertiary/aromatic N) is 2. The van der Waals surface area contributed by atoms with Crippen molar-refractivity contribution < 1.29 is 0 Å². The molecular weight excluding hydrogens is 246 g/mol. The summed E-state index contributed by atoms with van der Waals surface area (Å²) < 4.78 is 0. The Kier molecular flexibility index (Phi) is 4.13. The molecule has 0 aromatic rings. The van der Waals surface area contributed by atoms with Crippen LogP contribution in [0.1, 0.15) is 59.3 Å². The molecule has 0 spiro atoms. The van der Waals surface area contributed by atoms with Gasteiger partial charge in [-0.15, -0.1) is 0 Å². The van der Waals surface area contributed by atoms with Crippen molar-refractivity contribution in [3.63, 3.8) is 0 Å². The topological polar surface area (TPSA) is 32.5 Å². The summed E-state index contributed by atoms with van der Waals surface area (Å²) in [6.45, 7) is 10.4. The fourth-order valence-electron chi connectivity index (χ4n) is 4.19. The number of hydrogen-bond donors (Lipinski definition) is 1. The van der Waals surface area contributed by atoms with Crippen LogP contribution in [0.4, 0.5) is 0 Å². The monoisotopic (exact) mass is 279 g/mol. The summed E-state index contributed by atoms with van der Waals surface area (Å²) in [6.07, 6.45) is 8.24. The SMILES string of the molecule is CC(C)CCN(C1CC1)C1(CN)CC(C)N(C2CC2)C1. The van der Waals surface area contributed by atoms with Crippen LogP contribution in [0.5, 0.6) is 0 Å². The minimum absolute atomic E-state index is 0.276. The summed E-state index contributed by atoms with van der Waals surface area (Å²) in [5.41, 5.74) is 6.59. The maximum Gasteiger partial charge on any atom is 0.0476 e. The van der Waals surface area contributed by atoms with Crippen molar-refractivity contribution in [2.24, 2.45) is 11.7 Å². The number of likely N-dealkylation sites (tertiary alicyclic amines) is 1. The molecule has 1 heterocycles. The van der Waals surface area contributed by atoms with Crippen molar-refractivity contribution >= 4 is 0 Å². The molecule has 0 aromatic heterocycles. The van der Waals surface area contributed by atoms with Gasteiger partial charge in [0.1, 0.15) is 0 Å². The molecule has 2 aliphatic carbocycles. The number of hydrogen-bond acceptors (Lipinski definition) is 3. The molecule has 116 valence electrons. The van der Waals surface area contributed by atoms with Gasteiger partial charge in [-0.1, -0.05) is 13.8 Å². The van der Waals surface area contributed by atoms with Crippen LogP contribution in [0.15, 0.2) is 0 Å². The van der Waals surface area contributed by atoms with Crippen LogP contribution >= 0.6 is 0 Å². The summed E-state index contributed by atoms with van der Waals surface area (Å²) >= 11 is 0. The molecule has 20 heavy (non-hydrogen) atoms. The van der Waals surface area contributed by atoms with Gasteiger partial charge in [-0.25, -0.2) is 0 Å². The quantitative estimate of drug-likeness (QED) is 0.777. The van der Waals surface area contributed by atoms with Crippen LogP contribution in [0.3, 0.4) is 0 Å². The average molecular weight is 279 g/mol. The van der Waals surface area contributed by atoms with E-state index in [0.29, 0.717) is 0 Å². The van der Waals surface area contributed by atoms with Crippen LogP contribution < -0.4 is 5.73 Å². The summed E-state index contributed by atoms with van der Waals surface area (Å²) in [5.74, 6) is 0.796. The Morgan fingerprint density at radius 2 is 1.95 bits per heavy atom. The molecule has 1 aliphatic heterocycles. The Hall–Kier alpha value is -0.120. The maximum absolute atomic E-state index is 6.32. The Labute approximate surface area is 124 Å². The molecule has 2 unspecified atom stereocenters. The summed E-state index contributed by atoms with van der Waals surface area (Å²) in [5, 5.41) is 0. The molecule has 3 rings (SSSR count). The highest BCUT2D eigenvalue weighted by atomic mass is 15.4. The van der Waals surface area contributed by atoms with Crippen molar-refractivity contribution in [3.05, 3.63) is 0 Å². The second kappa shape index (κ2) is 5.58. The van der Waals surface area contributed by atoms with Crippen molar-refractivity contribution in [2.45, 2.75) is 83.0 Å². The highest BCUT2D eigenvalue weighted by Gasteiger charge is 2.52. The minimum Gasteiger partial charge on any atom is -0.329 e. The Balaban J connectivity index is 1.72. The van der Waals surface area contributed by atoms with E-state index >= 15 is 0 Å². The van der Waals surface area contributed by atoms with E-state index in [0.717, 1.165) is 30.6 Å². The first-order valence-corrected chi connectivity index (χ1v) is 8.78. The van der Waals surface area contributed by atoms with Crippen molar-refractivity contribution in [1.29, 1.82) is 0 Å². The van der Waals surface area contributed by atoms with E-state index in [-0.39, 0.29) is 5.54 Å². The van der Waals surface area contributed by atoms with Gasteiger partial charge in [0.05, 0.1) is 0 Å². The van der Waals surface area contributed by atoms with E-state index in [1.54, 1.807) is 0 Å². The van der Waals surface area contributed by atoms with Gasteiger partial charge < -0.3 is 5.73 Å². The lowest BCUT2D eigenvalue weighted by atomic mass is 9.92. The molecule has 2 N–H and O–H groups in total. The van der Waals surface area contributed by atoms with E-state index in [9.17, 15) is 0 Å². The molecule has 1 saturated heterocycles. The first-order chi connectivity index (χ1) is 9.55. The molecule has 3 heteroatoms. The zero-order chi connectivity index (χ0) is 14.3. The Morgan fingerprint density at radius 3 is 2.45 bits per heavy atom. The number of nitrogens with two attached hydrogens (primary N) is 1. The summed E-state index contributed by atoms with van der Waals surface area (Å²) in [7, 11) is 0. The third-order valence-corrected chi connectivity index (χ3v) is 5.66. The molecule has 0 amide bonds. The summed E-state index contributed by atoms with van der Waals surface area (Å²) in [6, 6.07) is 2.44. The van der Waals surface area contributed by atoms with Crippen LogP contribution in [0, 0.1) is 5.92 Å². The number of rotatable bonds is 7. The molecule has 3 nitrogen and oxygen atoms in total. The second-order valence-corrected chi connectivity index (χ2v) is 7.99. The van der Waals surface area contributed by atoms with E-state index in [1.165, 1.54) is 51.6 Å². The van der Waals surface area contributed by atoms with Gasteiger partial charge in [0.25, 0.3) is 0 Å². The Bertz CT molecular complexity index is 335. The van der Waals surface area contributed by atoms with Gasteiger partial charge in [0, 0.05) is 36.8 Å². The zero-order valence-electron chi connectivity index (χ0n) is 13.6. The molecule has 3 fully saturated rings. The third kappa shape index (κ3) is 2.90. The molecule has 0 aromatic carbocycles. The first kappa shape index (κ1) is 14.8. The third-order valence-electron chi connectivity index (χ3n) is 5.66. The predicted molar refractivity (Wildman–Crippen MR) is 84.8 cm³/mol. The van der Waals surface area contributed by atoms with Gasteiger partial charge in [-0.3, -0.25) is 9.80 Å². The minimum atomic E-state index is 0.276. The van der Waals surface area contributed by atoms with Crippen LogP contribution in [0.2, 0.25) is 0 Å². The molecule has 3 aliphatic rings. The normalized spacial score (nSPS) is 35.4. The van der Waals surface area contributed by atoms with E-state index in [1.807, 2.05) is 0 Å². The van der Waals surface area contributed by atoms with E-state index in [4.69, 9.17) is 5.73 Å². The van der Waals surface area contributed by atoms with Crippen LogP contribution in [-0.4, -0.2) is 53.1 Å². The Morgan fingerprint density at radius 1 is 1.25 bits per heavy atom.